The van der Waals surface area contributed by atoms with E-state index in [2.05, 4.69) is 10.3 Å². The van der Waals surface area contributed by atoms with Crippen LogP contribution in [0.25, 0.3) is 11.0 Å². The molecule has 5 rings (SSSR count). The van der Waals surface area contributed by atoms with Gasteiger partial charge in [-0.05, 0) is 80.0 Å². The van der Waals surface area contributed by atoms with Crippen molar-refractivity contribution in [1.82, 2.24) is 14.5 Å². The van der Waals surface area contributed by atoms with Gasteiger partial charge in [-0.3, -0.25) is 19.9 Å². The van der Waals surface area contributed by atoms with E-state index in [-0.39, 0.29) is 17.7 Å². The first-order valence-electron chi connectivity index (χ1n) is 12.9. The Morgan fingerprint density at radius 3 is 2.53 bits per heavy atom. The molecule has 2 aromatic carbocycles. The van der Waals surface area contributed by atoms with Crippen LogP contribution in [0.15, 0.2) is 73.1 Å². The van der Waals surface area contributed by atoms with Crippen LogP contribution in [0.1, 0.15) is 46.4 Å². The molecule has 1 unspecified atom stereocenters. The van der Waals surface area contributed by atoms with Crippen molar-refractivity contribution in [2.24, 2.45) is 17.6 Å². The molecular weight excluding hydrogens is 480 g/mol. The van der Waals surface area contributed by atoms with E-state index in [0.29, 0.717) is 35.1 Å². The molecule has 2 aromatic heterocycles. The highest BCUT2D eigenvalue weighted by atomic mass is 16.3. The topological polar surface area (TPSA) is 126 Å². The third kappa shape index (κ3) is 5.44. The molecule has 1 fully saturated rings. The van der Waals surface area contributed by atoms with Crippen molar-refractivity contribution in [3.05, 3.63) is 84.2 Å². The summed E-state index contributed by atoms with van der Waals surface area (Å²) in [6.45, 7) is 0.656. The summed E-state index contributed by atoms with van der Waals surface area (Å²) in [5.41, 5.74) is 8.92. The fourth-order valence-electron chi connectivity index (χ4n) is 5.15. The van der Waals surface area contributed by atoms with Crippen LogP contribution in [-0.4, -0.2) is 44.7 Å². The lowest BCUT2D eigenvalue weighted by molar-refractivity contribution is 0.0768. The summed E-state index contributed by atoms with van der Waals surface area (Å²) in [4.78, 5) is 36.6. The number of pyridine rings is 1. The third-order valence-electron chi connectivity index (χ3n) is 7.41. The van der Waals surface area contributed by atoms with Crippen LogP contribution in [0.5, 0.6) is 0 Å². The standard InChI is InChI=1S/C29H32N6O3/c1-34(23-7-3-2-4-8-23)28(38)21-13-14-25-24(16-21)32-29(33-27(37)22-6-5-15-31-17-22)35(25)18-19-9-11-20(12-10-19)26(30)36/h2-8,13-17,19-20,26,36H,9-12,18,30H2,1H3,(H,32,33,37). The quantitative estimate of drug-likeness (QED) is 0.321. The number of aliphatic hydroxyl groups is 1. The maximum absolute atomic E-state index is 13.2. The Morgan fingerprint density at radius 1 is 1.08 bits per heavy atom. The van der Waals surface area contributed by atoms with Gasteiger partial charge in [0.1, 0.15) is 6.23 Å². The normalized spacial score (nSPS) is 18.2. The second kappa shape index (κ2) is 11.1. The molecule has 4 N–H and O–H groups in total. The Kier molecular flexibility index (Phi) is 7.48. The van der Waals surface area contributed by atoms with Gasteiger partial charge in [-0.15, -0.1) is 0 Å². The van der Waals surface area contributed by atoms with E-state index in [0.717, 1.165) is 36.9 Å². The zero-order chi connectivity index (χ0) is 26.6. The van der Waals surface area contributed by atoms with E-state index in [1.165, 1.54) is 6.20 Å². The smallest absolute Gasteiger partial charge is 0.259 e. The molecule has 1 atom stereocenters. The first kappa shape index (κ1) is 25.6. The number of rotatable bonds is 7. The van der Waals surface area contributed by atoms with Gasteiger partial charge in [0, 0.05) is 37.2 Å². The average Bonchev–Trinajstić information content (AvgIpc) is 3.29. The SMILES string of the molecule is CN(C(=O)c1ccc2c(c1)nc(NC(=O)c1cccnc1)n2CC1CCC(C(N)O)CC1)c1ccccc1. The zero-order valence-electron chi connectivity index (χ0n) is 21.3. The number of anilines is 2. The van der Waals surface area contributed by atoms with Gasteiger partial charge in [-0.2, -0.15) is 0 Å². The van der Waals surface area contributed by atoms with Gasteiger partial charge >= 0.3 is 0 Å². The molecule has 2 heterocycles. The second-order valence-electron chi connectivity index (χ2n) is 9.92. The summed E-state index contributed by atoms with van der Waals surface area (Å²) in [5.74, 6) is 0.445. The molecule has 1 saturated carbocycles. The summed E-state index contributed by atoms with van der Waals surface area (Å²) in [6, 6.07) is 18.3. The molecule has 9 nitrogen and oxygen atoms in total. The summed E-state index contributed by atoms with van der Waals surface area (Å²) in [6.07, 6.45) is 5.90. The van der Waals surface area contributed by atoms with E-state index in [1.807, 2.05) is 41.0 Å². The highest BCUT2D eigenvalue weighted by Gasteiger charge is 2.26. The molecule has 0 radical (unpaired) electrons. The van der Waals surface area contributed by atoms with Gasteiger partial charge in [0.05, 0.1) is 16.6 Å². The number of imidazole rings is 1. The number of carbonyl (C=O) groups is 2. The monoisotopic (exact) mass is 512 g/mol. The lowest BCUT2D eigenvalue weighted by Gasteiger charge is -2.30. The third-order valence-corrected chi connectivity index (χ3v) is 7.41. The highest BCUT2D eigenvalue weighted by Crippen LogP contribution is 2.33. The number of nitrogens with two attached hydrogens (primary N) is 1. The number of nitrogens with one attached hydrogen (secondary N) is 1. The van der Waals surface area contributed by atoms with Crippen LogP contribution in [-0.2, 0) is 6.54 Å². The molecule has 0 saturated heterocycles. The van der Waals surface area contributed by atoms with Crippen molar-refractivity contribution in [2.45, 2.75) is 38.5 Å². The predicted octanol–water partition coefficient (Wildman–Crippen LogP) is 4.04. The number of benzene rings is 2. The van der Waals surface area contributed by atoms with Gasteiger partial charge in [0.25, 0.3) is 11.8 Å². The first-order valence-corrected chi connectivity index (χ1v) is 12.9. The summed E-state index contributed by atoms with van der Waals surface area (Å²) in [5, 5.41) is 12.7. The van der Waals surface area contributed by atoms with Crippen molar-refractivity contribution in [3.63, 3.8) is 0 Å². The fraction of sp³-hybridized carbons (Fsp3) is 0.310. The molecule has 0 bridgehead atoms. The van der Waals surface area contributed by atoms with Crippen molar-refractivity contribution in [2.75, 3.05) is 17.3 Å². The van der Waals surface area contributed by atoms with Crippen molar-refractivity contribution >= 4 is 34.5 Å². The number of aliphatic hydroxyl groups excluding tert-OH is 1. The minimum absolute atomic E-state index is 0.116. The maximum atomic E-state index is 13.2. The summed E-state index contributed by atoms with van der Waals surface area (Å²) < 4.78 is 2.02. The molecule has 1 aliphatic carbocycles. The Labute approximate surface area is 221 Å². The van der Waals surface area contributed by atoms with Gasteiger partial charge in [0.15, 0.2) is 0 Å². The zero-order valence-corrected chi connectivity index (χ0v) is 21.3. The number of carbonyl (C=O) groups excluding carboxylic acids is 2. The Bertz CT molecular complexity index is 1410. The Morgan fingerprint density at radius 2 is 1.84 bits per heavy atom. The fourth-order valence-corrected chi connectivity index (χ4v) is 5.15. The minimum atomic E-state index is -0.788. The number of hydrogen-bond acceptors (Lipinski definition) is 6. The maximum Gasteiger partial charge on any atom is 0.259 e. The number of amides is 2. The lowest BCUT2D eigenvalue weighted by Crippen LogP contribution is -2.33. The molecule has 9 heteroatoms. The number of nitrogens with zero attached hydrogens (tertiary/aromatic N) is 4. The van der Waals surface area contributed by atoms with Gasteiger partial charge < -0.3 is 20.3 Å². The number of hydrogen-bond donors (Lipinski definition) is 3. The van der Waals surface area contributed by atoms with Crippen LogP contribution in [0.3, 0.4) is 0 Å². The largest absolute Gasteiger partial charge is 0.379 e. The van der Waals surface area contributed by atoms with E-state index in [1.54, 1.807) is 42.4 Å². The number of para-hydroxylation sites is 1. The molecule has 38 heavy (non-hydrogen) atoms. The van der Waals surface area contributed by atoms with Crippen LogP contribution in [0.4, 0.5) is 11.6 Å². The van der Waals surface area contributed by atoms with E-state index in [9.17, 15) is 14.7 Å². The van der Waals surface area contributed by atoms with Gasteiger partial charge in [0.2, 0.25) is 5.95 Å². The first-order chi connectivity index (χ1) is 18.4. The van der Waals surface area contributed by atoms with Crippen LogP contribution in [0, 0.1) is 11.8 Å². The molecular formula is C29H32N6O3. The van der Waals surface area contributed by atoms with E-state index < -0.39 is 6.23 Å². The van der Waals surface area contributed by atoms with Crippen LogP contribution in [0.2, 0.25) is 0 Å². The molecule has 4 aromatic rings. The number of aromatic nitrogens is 3. The van der Waals surface area contributed by atoms with Gasteiger partial charge in [-0.1, -0.05) is 18.2 Å². The van der Waals surface area contributed by atoms with Crippen molar-refractivity contribution in [3.8, 4) is 0 Å². The van der Waals surface area contributed by atoms with Crippen LogP contribution >= 0.6 is 0 Å². The minimum Gasteiger partial charge on any atom is -0.379 e. The molecule has 2 amide bonds. The van der Waals surface area contributed by atoms with Crippen LogP contribution < -0.4 is 16.0 Å². The molecule has 196 valence electrons. The van der Waals surface area contributed by atoms with Crippen molar-refractivity contribution in [1.29, 1.82) is 0 Å². The second-order valence-corrected chi connectivity index (χ2v) is 9.92. The van der Waals surface area contributed by atoms with Crippen molar-refractivity contribution < 1.29 is 14.7 Å². The summed E-state index contributed by atoms with van der Waals surface area (Å²) >= 11 is 0. The predicted molar refractivity (Wildman–Crippen MR) is 147 cm³/mol. The molecule has 0 spiro atoms. The Balaban J connectivity index is 1.45. The molecule has 0 aliphatic heterocycles. The lowest BCUT2D eigenvalue weighted by atomic mass is 9.81. The van der Waals surface area contributed by atoms with E-state index in [4.69, 9.17) is 10.7 Å². The highest BCUT2D eigenvalue weighted by molar-refractivity contribution is 6.08. The number of fused-ring (bicyclic) bond motifs is 1. The van der Waals surface area contributed by atoms with E-state index >= 15 is 0 Å². The molecule has 1 aliphatic rings. The Hall–Kier alpha value is -4.08. The summed E-state index contributed by atoms with van der Waals surface area (Å²) in [7, 11) is 1.74. The van der Waals surface area contributed by atoms with Gasteiger partial charge in [-0.25, -0.2) is 4.98 Å². The average molecular weight is 513 g/mol.